The van der Waals surface area contributed by atoms with Crippen LogP contribution < -0.4 is 4.74 Å². The van der Waals surface area contributed by atoms with Crippen LogP contribution in [0, 0.1) is 0 Å². The van der Waals surface area contributed by atoms with Crippen molar-refractivity contribution in [1.29, 1.82) is 0 Å². The number of rotatable bonds is 10. The lowest BCUT2D eigenvalue weighted by molar-refractivity contribution is 0.330. The molecule has 1 heterocycles. The molecule has 1 aromatic heterocycles. The standard InChI is InChI=1S/C20H25FN2O/c1-3-13-24-19-11-9-17(10-12-19)20-15-22-18(14-23-20)8-6-4-5-7-16(2)21/h3,9-12,14-16H,1,4-8,13H2,2H3. The van der Waals surface area contributed by atoms with Crippen molar-refractivity contribution in [3.63, 3.8) is 0 Å². The van der Waals surface area contributed by atoms with E-state index in [9.17, 15) is 4.39 Å². The average Bonchev–Trinajstić information content (AvgIpc) is 2.60. The number of halogens is 1. The Hall–Kier alpha value is -2.23. The van der Waals surface area contributed by atoms with Crippen molar-refractivity contribution < 1.29 is 9.13 Å². The fourth-order valence-corrected chi connectivity index (χ4v) is 2.42. The van der Waals surface area contributed by atoms with Crippen molar-refractivity contribution in [2.75, 3.05) is 6.61 Å². The Kier molecular flexibility index (Phi) is 7.40. The molecular formula is C20H25FN2O. The summed E-state index contributed by atoms with van der Waals surface area (Å²) in [7, 11) is 0. The molecule has 0 aliphatic rings. The van der Waals surface area contributed by atoms with Crippen LogP contribution >= 0.6 is 0 Å². The molecule has 1 unspecified atom stereocenters. The van der Waals surface area contributed by atoms with Gasteiger partial charge in [0.2, 0.25) is 0 Å². The maximum atomic E-state index is 12.7. The summed E-state index contributed by atoms with van der Waals surface area (Å²) in [6, 6.07) is 7.78. The van der Waals surface area contributed by atoms with Crippen LogP contribution in [0.5, 0.6) is 5.75 Å². The SMILES string of the molecule is C=CCOc1ccc(-c2cnc(CCCCCC(C)F)cn2)cc1. The van der Waals surface area contributed by atoms with Gasteiger partial charge in [-0.25, -0.2) is 4.39 Å². The van der Waals surface area contributed by atoms with E-state index in [-0.39, 0.29) is 0 Å². The van der Waals surface area contributed by atoms with Crippen LogP contribution in [0.2, 0.25) is 0 Å². The molecule has 2 rings (SSSR count). The molecule has 24 heavy (non-hydrogen) atoms. The smallest absolute Gasteiger partial charge is 0.119 e. The number of nitrogens with zero attached hydrogens (tertiary/aromatic N) is 2. The van der Waals surface area contributed by atoms with Gasteiger partial charge in [-0.1, -0.05) is 25.5 Å². The normalized spacial score (nSPS) is 11.9. The third-order valence-corrected chi connectivity index (χ3v) is 3.76. The van der Waals surface area contributed by atoms with Crippen molar-refractivity contribution >= 4 is 0 Å². The van der Waals surface area contributed by atoms with Crippen molar-refractivity contribution in [2.45, 2.75) is 45.2 Å². The second-order valence-electron chi connectivity index (χ2n) is 5.90. The summed E-state index contributed by atoms with van der Waals surface area (Å²) in [5, 5.41) is 0. The second kappa shape index (κ2) is 9.81. The molecule has 0 aliphatic heterocycles. The van der Waals surface area contributed by atoms with Crippen LogP contribution in [0.15, 0.2) is 49.3 Å². The van der Waals surface area contributed by atoms with E-state index < -0.39 is 6.17 Å². The average molecular weight is 328 g/mol. The lowest BCUT2D eigenvalue weighted by Gasteiger charge is -2.06. The Morgan fingerprint density at radius 3 is 2.54 bits per heavy atom. The van der Waals surface area contributed by atoms with Crippen molar-refractivity contribution in [2.24, 2.45) is 0 Å². The molecule has 0 fully saturated rings. The van der Waals surface area contributed by atoms with Crippen molar-refractivity contribution in [3.05, 3.63) is 55.0 Å². The first kappa shape index (κ1) is 18.1. The number of benzene rings is 1. The second-order valence-corrected chi connectivity index (χ2v) is 5.90. The molecule has 1 aromatic carbocycles. The third kappa shape index (κ3) is 6.11. The first-order valence-electron chi connectivity index (χ1n) is 8.48. The summed E-state index contributed by atoms with van der Waals surface area (Å²) in [5.74, 6) is 0.811. The fraction of sp³-hybridized carbons (Fsp3) is 0.400. The molecule has 0 bridgehead atoms. The highest BCUT2D eigenvalue weighted by Crippen LogP contribution is 2.20. The molecule has 0 saturated carbocycles. The highest BCUT2D eigenvalue weighted by molar-refractivity contribution is 5.58. The molecule has 0 spiro atoms. The zero-order chi connectivity index (χ0) is 17.2. The van der Waals surface area contributed by atoms with Crippen LogP contribution in [0.3, 0.4) is 0 Å². The number of ether oxygens (including phenoxy) is 1. The molecule has 4 heteroatoms. The Labute approximate surface area is 143 Å². The van der Waals surface area contributed by atoms with Crippen LogP contribution in [0.25, 0.3) is 11.3 Å². The highest BCUT2D eigenvalue weighted by Gasteiger charge is 2.03. The van der Waals surface area contributed by atoms with Gasteiger partial charge in [-0.05, 0) is 50.5 Å². The quantitative estimate of drug-likeness (QED) is 0.446. The zero-order valence-electron chi connectivity index (χ0n) is 14.2. The van der Waals surface area contributed by atoms with E-state index in [1.165, 1.54) is 0 Å². The predicted octanol–water partition coefficient (Wildman–Crippen LogP) is 5.17. The summed E-state index contributed by atoms with van der Waals surface area (Å²) < 4.78 is 18.2. The molecule has 0 saturated heterocycles. The summed E-state index contributed by atoms with van der Waals surface area (Å²) in [5.41, 5.74) is 2.84. The summed E-state index contributed by atoms with van der Waals surface area (Å²) in [6.45, 7) is 5.74. The van der Waals surface area contributed by atoms with E-state index in [2.05, 4.69) is 16.5 Å². The Bertz CT molecular complexity index is 609. The zero-order valence-corrected chi connectivity index (χ0v) is 14.2. The van der Waals surface area contributed by atoms with E-state index in [1.807, 2.05) is 30.5 Å². The van der Waals surface area contributed by atoms with Gasteiger partial charge in [0.15, 0.2) is 0 Å². The van der Waals surface area contributed by atoms with Gasteiger partial charge in [0, 0.05) is 11.8 Å². The Balaban J connectivity index is 1.83. The monoisotopic (exact) mass is 328 g/mol. The number of hydrogen-bond acceptors (Lipinski definition) is 3. The van der Waals surface area contributed by atoms with Crippen molar-refractivity contribution in [3.8, 4) is 17.0 Å². The van der Waals surface area contributed by atoms with Gasteiger partial charge in [-0.3, -0.25) is 9.97 Å². The molecule has 0 amide bonds. The summed E-state index contributed by atoms with van der Waals surface area (Å²) in [4.78, 5) is 8.97. The van der Waals surface area contributed by atoms with E-state index in [4.69, 9.17) is 4.74 Å². The van der Waals surface area contributed by atoms with Gasteiger partial charge < -0.3 is 4.74 Å². The summed E-state index contributed by atoms with van der Waals surface area (Å²) >= 11 is 0. The molecule has 0 aliphatic carbocycles. The third-order valence-electron chi connectivity index (χ3n) is 3.76. The van der Waals surface area contributed by atoms with E-state index >= 15 is 0 Å². The minimum atomic E-state index is -0.697. The maximum absolute atomic E-state index is 12.7. The van der Waals surface area contributed by atoms with Gasteiger partial charge in [0.05, 0.1) is 23.8 Å². The molecule has 2 aromatic rings. The maximum Gasteiger partial charge on any atom is 0.119 e. The molecular weight excluding hydrogens is 303 g/mol. The minimum Gasteiger partial charge on any atom is -0.490 e. The highest BCUT2D eigenvalue weighted by atomic mass is 19.1. The van der Waals surface area contributed by atoms with E-state index in [0.717, 1.165) is 48.4 Å². The van der Waals surface area contributed by atoms with Gasteiger partial charge >= 0.3 is 0 Å². The van der Waals surface area contributed by atoms with Crippen molar-refractivity contribution in [1.82, 2.24) is 9.97 Å². The van der Waals surface area contributed by atoms with E-state index in [0.29, 0.717) is 13.0 Å². The number of unbranched alkanes of at least 4 members (excludes halogenated alkanes) is 2. The Morgan fingerprint density at radius 2 is 1.92 bits per heavy atom. The van der Waals surface area contributed by atoms with Gasteiger partial charge in [-0.2, -0.15) is 0 Å². The molecule has 0 radical (unpaired) electrons. The first-order chi connectivity index (χ1) is 11.7. The fourth-order valence-electron chi connectivity index (χ4n) is 2.42. The molecule has 128 valence electrons. The molecule has 0 N–H and O–H groups in total. The topological polar surface area (TPSA) is 35.0 Å². The van der Waals surface area contributed by atoms with Gasteiger partial charge in [0.25, 0.3) is 0 Å². The van der Waals surface area contributed by atoms with Gasteiger partial charge in [0.1, 0.15) is 12.4 Å². The Morgan fingerprint density at radius 1 is 1.12 bits per heavy atom. The van der Waals surface area contributed by atoms with Crippen LogP contribution in [0.4, 0.5) is 4.39 Å². The number of alkyl halides is 1. The van der Waals surface area contributed by atoms with Crippen LogP contribution in [0.1, 0.15) is 38.3 Å². The van der Waals surface area contributed by atoms with Crippen LogP contribution in [-0.2, 0) is 6.42 Å². The minimum absolute atomic E-state index is 0.498. The largest absolute Gasteiger partial charge is 0.490 e. The number of aromatic nitrogens is 2. The molecule has 3 nitrogen and oxygen atoms in total. The lowest BCUT2D eigenvalue weighted by Crippen LogP contribution is -1.96. The van der Waals surface area contributed by atoms with Gasteiger partial charge in [-0.15, -0.1) is 0 Å². The molecule has 1 atom stereocenters. The number of hydrogen-bond donors (Lipinski definition) is 0. The van der Waals surface area contributed by atoms with E-state index in [1.54, 1.807) is 19.2 Å². The summed E-state index contributed by atoms with van der Waals surface area (Å²) in [6.07, 6.45) is 9.19. The van der Waals surface area contributed by atoms with Crippen LogP contribution in [-0.4, -0.2) is 22.7 Å². The number of aryl methyl sites for hydroxylation is 1. The first-order valence-corrected chi connectivity index (χ1v) is 8.48. The lowest BCUT2D eigenvalue weighted by atomic mass is 10.1. The predicted molar refractivity (Wildman–Crippen MR) is 95.9 cm³/mol.